The first-order valence-corrected chi connectivity index (χ1v) is 5.53. The van der Waals surface area contributed by atoms with Crippen LogP contribution in [0.15, 0.2) is 47.2 Å². The number of hydrogen-bond donors (Lipinski definition) is 2. The minimum atomic E-state index is 1.01. The molecule has 0 saturated heterocycles. The van der Waals surface area contributed by atoms with Gasteiger partial charge in [0.2, 0.25) is 0 Å². The van der Waals surface area contributed by atoms with Gasteiger partial charge in [-0.3, -0.25) is 0 Å². The van der Waals surface area contributed by atoms with Gasteiger partial charge in [-0.1, -0.05) is 28.6 Å². The second-order valence-corrected chi connectivity index (χ2v) is 4.05. The van der Waals surface area contributed by atoms with Gasteiger partial charge >= 0.3 is 0 Å². The van der Waals surface area contributed by atoms with Gasteiger partial charge < -0.3 is 10.6 Å². The van der Waals surface area contributed by atoms with Crippen LogP contribution in [0.4, 0.5) is 11.4 Å². The molecule has 0 spiro atoms. The predicted octanol–water partition coefficient (Wildman–Crippen LogP) is 4.34. The number of anilines is 2. The molecule has 1 rings (SSSR count). The molecule has 0 fully saturated rings. The number of allylic oxidation sites excluding steroid dienone is 2. The van der Waals surface area contributed by atoms with E-state index in [4.69, 9.17) is 0 Å². The topological polar surface area (TPSA) is 24.1 Å². The van der Waals surface area contributed by atoms with Crippen LogP contribution in [0, 0.1) is 0 Å². The molecule has 0 radical (unpaired) electrons. The highest BCUT2D eigenvalue weighted by atomic mass is 79.9. The van der Waals surface area contributed by atoms with E-state index >= 15 is 0 Å². The van der Waals surface area contributed by atoms with Crippen molar-refractivity contribution in [3.05, 3.63) is 47.2 Å². The van der Waals surface area contributed by atoms with E-state index in [1.54, 1.807) is 6.20 Å². The van der Waals surface area contributed by atoms with Gasteiger partial charge in [0.25, 0.3) is 0 Å². The van der Waals surface area contributed by atoms with Gasteiger partial charge in [-0.2, -0.15) is 0 Å². The van der Waals surface area contributed by atoms with Gasteiger partial charge in [0.05, 0.1) is 11.4 Å². The normalized spacial score (nSPS) is 11.0. The summed E-state index contributed by atoms with van der Waals surface area (Å²) in [5.74, 6) is 0. The number of halogens is 1. The molecule has 0 atom stereocenters. The summed E-state index contributed by atoms with van der Waals surface area (Å²) in [4.78, 5) is 0. The van der Waals surface area contributed by atoms with Crippen molar-refractivity contribution < 1.29 is 0 Å². The third-order valence-electron chi connectivity index (χ3n) is 2.00. The molecule has 0 aliphatic rings. The van der Waals surface area contributed by atoms with E-state index in [1.165, 1.54) is 0 Å². The molecule has 0 amide bonds. The van der Waals surface area contributed by atoms with Crippen molar-refractivity contribution >= 4 is 27.3 Å². The van der Waals surface area contributed by atoms with Crippen LogP contribution < -0.4 is 10.6 Å². The van der Waals surface area contributed by atoms with Crippen molar-refractivity contribution in [3.8, 4) is 0 Å². The molecule has 0 heterocycles. The Morgan fingerprint density at radius 1 is 1.40 bits per heavy atom. The summed E-state index contributed by atoms with van der Waals surface area (Å²) in [5.41, 5.74) is 3.15. The lowest BCUT2D eigenvalue weighted by Crippen LogP contribution is -1.99. The van der Waals surface area contributed by atoms with Crippen molar-refractivity contribution in [2.75, 3.05) is 10.6 Å². The molecular weight excluding hydrogens is 252 g/mol. The van der Waals surface area contributed by atoms with Crippen LogP contribution in [-0.4, -0.2) is 0 Å². The van der Waals surface area contributed by atoms with Crippen LogP contribution >= 0.6 is 15.9 Å². The van der Waals surface area contributed by atoms with Gasteiger partial charge in [0.1, 0.15) is 0 Å². The Morgan fingerprint density at radius 3 is 2.73 bits per heavy atom. The lowest BCUT2D eigenvalue weighted by molar-refractivity contribution is 1.34. The molecule has 15 heavy (non-hydrogen) atoms. The molecule has 80 valence electrons. The zero-order chi connectivity index (χ0) is 11.3. The van der Waals surface area contributed by atoms with E-state index in [1.807, 2.05) is 38.1 Å². The Bertz CT molecular complexity index is 383. The van der Waals surface area contributed by atoms with Crippen LogP contribution in [0.25, 0.3) is 0 Å². The summed E-state index contributed by atoms with van der Waals surface area (Å²) in [6.07, 6.45) is 3.69. The molecule has 1 aromatic rings. The summed E-state index contributed by atoms with van der Waals surface area (Å²) in [6, 6.07) is 6.01. The largest absolute Gasteiger partial charge is 0.361 e. The van der Waals surface area contributed by atoms with Gasteiger partial charge in [-0.25, -0.2) is 0 Å². The summed E-state index contributed by atoms with van der Waals surface area (Å²) >= 11 is 3.45. The van der Waals surface area contributed by atoms with E-state index in [9.17, 15) is 0 Å². The van der Waals surface area contributed by atoms with Crippen LogP contribution in [0.5, 0.6) is 0 Å². The summed E-state index contributed by atoms with van der Waals surface area (Å²) in [7, 11) is 0. The Morgan fingerprint density at radius 2 is 2.13 bits per heavy atom. The molecule has 0 aliphatic heterocycles. The number of benzene rings is 1. The highest BCUT2D eigenvalue weighted by molar-refractivity contribution is 9.10. The summed E-state index contributed by atoms with van der Waals surface area (Å²) in [6.45, 7) is 7.68. The van der Waals surface area contributed by atoms with Gasteiger partial charge in [0, 0.05) is 10.2 Å². The van der Waals surface area contributed by atoms with Crippen molar-refractivity contribution in [2.45, 2.75) is 13.8 Å². The highest BCUT2D eigenvalue weighted by Crippen LogP contribution is 2.27. The average molecular weight is 267 g/mol. The molecule has 0 bridgehead atoms. The summed E-state index contributed by atoms with van der Waals surface area (Å²) in [5, 5.41) is 6.39. The van der Waals surface area contributed by atoms with E-state index in [-0.39, 0.29) is 0 Å². The van der Waals surface area contributed by atoms with Gasteiger partial charge in [-0.15, -0.1) is 0 Å². The number of nitrogens with one attached hydrogen (secondary N) is 2. The molecular formula is C12H15BrN2. The first-order chi connectivity index (χ1) is 7.17. The number of rotatable bonds is 4. The van der Waals surface area contributed by atoms with Gasteiger partial charge in [-0.05, 0) is 38.2 Å². The Labute approximate surface area is 99.2 Å². The van der Waals surface area contributed by atoms with Crippen molar-refractivity contribution in [1.29, 1.82) is 0 Å². The molecule has 0 aromatic heterocycles. The van der Waals surface area contributed by atoms with E-state index < -0.39 is 0 Å². The van der Waals surface area contributed by atoms with Crippen LogP contribution in [-0.2, 0) is 0 Å². The van der Waals surface area contributed by atoms with E-state index in [0.717, 1.165) is 21.5 Å². The molecule has 1 aromatic carbocycles. The lowest BCUT2D eigenvalue weighted by Gasteiger charge is -2.12. The molecule has 2 nitrogen and oxygen atoms in total. The highest BCUT2D eigenvalue weighted by Gasteiger charge is 2.01. The minimum Gasteiger partial charge on any atom is -0.361 e. The standard InChI is InChI=1S/C12H15BrN2/c1-4-9(3)15-12-8-10(13)6-7-11(12)14-5-2/h4-8,14-15H,2H2,1,3H3. The number of hydrogen-bond acceptors (Lipinski definition) is 2. The average Bonchev–Trinajstić information content (AvgIpc) is 2.22. The molecule has 0 aliphatic carbocycles. The van der Waals surface area contributed by atoms with Crippen molar-refractivity contribution in [2.24, 2.45) is 0 Å². The zero-order valence-corrected chi connectivity index (χ0v) is 10.6. The first-order valence-electron chi connectivity index (χ1n) is 4.74. The fourth-order valence-electron chi connectivity index (χ4n) is 1.14. The maximum Gasteiger partial charge on any atom is 0.0632 e. The van der Waals surface area contributed by atoms with E-state index in [0.29, 0.717) is 0 Å². The van der Waals surface area contributed by atoms with Crippen LogP contribution in [0.2, 0.25) is 0 Å². The van der Waals surface area contributed by atoms with Crippen molar-refractivity contribution in [3.63, 3.8) is 0 Å². The van der Waals surface area contributed by atoms with E-state index in [2.05, 4.69) is 33.1 Å². The third-order valence-corrected chi connectivity index (χ3v) is 2.50. The monoisotopic (exact) mass is 266 g/mol. The van der Waals surface area contributed by atoms with Crippen molar-refractivity contribution in [1.82, 2.24) is 0 Å². The Kier molecular flexibility index (Phi) is 4.43. The smallest absolute Gasteiger partial charge is 0.0632 e. The Balaban J connectivity index is 3.01. The molecule has 0 saturated carbocycles. The maximum absolute atomic E-state index is 3.65. The summed E-state index contributed by atoms with van der Waals surface area (Å²) < 4.78 is 1.04. The lowest BCUT2D eigenvalue weighted by atomic mass is 10.2. The fourth-order valence-corrected chi connectivity index (χ4v) is 1.50. The molecule has 2 N–H and O–H groups in total. The Hall–Kier alpha value is -1.22. The van der Waals surface area contributed by atoms with Crippen LogP contribution in [0.3, 0.4) is 0 Å². The quantitative estimate of drug-likeness (QED) is 0.847. The fraction of sp³-hybridized carbons (Fsp3) is 0.167. The molecule has 0 unspecified atom stereocenters. The van der Waals surface area contributed by atoms with Crippen LogP contribution in [0.1, 0.15) is 13.8 Å². The minimum absolute atomic E-state index is 1.01. The SMILES string of the molecule is C=CNc1ccc(Br)cc1NC(C)=CC. The maximum atomic E-state index is 3.65. The zero-order valence-electron chi connectivity index (χ0n) is 8.97. The second-order valence-electron chi connectivity index (χ2n) is 3.14. The van der Waals surface area contributed by atoms with Gasteiger partial charge in [0.15, 0.2) is 0 Å². The first kappa shape index (κ1) is 11.9. The molecule has 3 heteroatoms. The predicted molar refractivity (Wildman–Crippen MR) is 71.0 cm³/mol. The third kappa shape index (κ3) is 3.44. The second kappa shape index (κ2) is 5.61.